The summed E-state index contributed by atoms with van der Waals surface area (Å²) >= 11 is 0. The van der Waals surface area contributed by atoms with E-state index < -0.39 is 0 Å². The molecule has 5 heterocycles. The van der Waals surface area contributed by atoms with Crippen molar-refractivity contribution in [1.82, 2.24) is 18.3 Å². The fraction of sp³-hybridized carbons (Fsp3) is 0.122. The van der Waals surface area contributed by atoms with Crippen LogP contribution in [0.3, 0.4) is 0 Å². The molecule has 17 rings (SSSR count). The van der Waals surface area contributed by atoms with Crippen molar-refractivity contribution >= 4 is 109 Å². The van der Waals surface area contributed by atoms with E-state index >= 15 is 0 Å². The van der Waals surface area contributed by atoms with E-state index in [9.17, 15) is 0 Å². The zero-order chi connectivity index (χ0) is 59.7. The Balaban J connectivity index is 0.000000149. The first kappa shape index (κ1) is 54.0. The number of hydrogen-bond donors (Lipinski definition) is 0. The zero-order valence-corrected chi connectivity index (χ0v) is 50.4. The standard InChI is InChI=1S/C47H36N2O2.C35H30N2O/c1-3-35(50-2)24-30-20-22-46-40(25-30)41-28-31(21-23-47(41)51-46)32-26-33(48-42-16-8-4-12-36(42)37-13-5-9-17-43(37)48)29-34(27-32)49-44-18-10-6-14-38(44)39-15-7-11-19-45(39)49;1-3-27(38-2)22-24-20-25(36-32-16-8-4-12-28(32)29-13-5-9-17-33(29)36)23-26(21-24)37-34-18-10-6-14-30(34)31-15-7-11-19-35(31)37/h4-23,25-29,35H,3,24H2,1-2H3;4-21,23,27H,3,22H2,1-2H3. The predicted octanol–water partition coefficient (Wildman–Crippen LogP) is 21.3. The van der Waals surface area contributed by atoms with Crippen molar-refractivity contribution in [3.05, 3.63) is 278 Å². The summed E-state index contributed by atoms with van der Waals surface area (Å²) in [6.45, 7) is 4.37. The summed E-state index contributed by atoms with van der Waals surface area (Å²) < 4.78 is 27.6. The van der Waals surface area contributed by atoms with Gasteiger partial charge in [-0.2, -0.15) is 0 Å². The summed E-state index contributed by atoms with van der Waals surface area (Å²) in [7, 11) is 3.62. The van der Waals surface area contributed by atoms with Crippen molar-refractivity contribution in [3.63, 3.8) is 0 Å². The van der Waals surface area contributed by atoms with Crippen LogP contribution in [0.15, 0.2) is 271 Å². The zero-order valence-electron chi connectivity index (χ0n) is 50.4. The lowest BCUT2D eigenvalue weighted by Gasteiger charge is -2.18. The Hall–Kier alpha value is -10.4. The number of rotatable bonds is 13. The molecule has 0 bridgehead atoms. The highest BCUT2D eigenvalue weighted by atomic mass is 16.5. The van der Waals surface area contributed by atoms with Gasteiger partial charge in [-0.3, -0.25) is 0 Å². The smallest absolute Gasteiger partial charge is 0.135 e. The summed E-state index contributed by atoms with van der Waals surface area (Å²) in [6, 6.07) is 97.0. The summed E-state index contributed by atoms with van der Waals surface area (Å²) in [5.74, 6) is 0. The van der Waals surface area contributed by atoms with Gasteiger partial charge in [0, 0.05) is 90.8 Å². The number of nitrogens with zero attached hydrogens (tertiary/aromatic N) is 4. The molecule has 0 saturated carbocycles. The Morgan fingerprint density at radius 1 is 0.281 bits per heavy atom. The number of aromatic nitrogens is 4. The van der Waals surface area contributed by atoms with E-state index in [1.807, 2.05) is 7.11 Å². The molecule has 0 aliphatic rings. The Morgan fingerprint density at radius 3 is 0.899 bits per heavy atom. The van der Waals surface area contributed by atoms with Crippen LogP contribution in [0.5, 0.6) is 0 Å². The molecule has 7 nitrogen and oxygen atoms in total. The van der Waals surface area contributed by atoms with Crippen LogP contribution >= 0.6 is 0 Å². The molecule has 2 atom stereocenters. The second kappa shape index (κ2) is 22.4. The summed E-state index contributed by atoms with van der Waals surface area (Å²) in [4.78, 5) is 0. The number of fused-ring (bicyclic) bond motifs is 15. The van der Waals surface area contributed by atoms with E-state index in [4.69, 9.17) is 13.9 Å². The molecular weight excluding hydrogens is 1090 g/mol. The molecule has 89 heavy (non-hydrogen) atoms. The van der Waals surface area contributed by atoms with Gasteiger partial charge >= 0.3 is 0 Å². The molecule has 7 heteroatoms. The first-order chi connectivity index (χ1) is 43.9. The van der Waals surface area contributed by atoms with E-state index in [0.717, 1.165) is 70.1 Å². The maximum atomic E-state index is 6.37. The van der Waals surface area contributed by atoms with Gasteiger partial charge < -0.3 is 32.2 Å². The second-order valence-corrected chi connectivity index (χ2v) is 23.7. The summed E-state index contributed by atoms with van der Waals surface area (Å²) in [5.41, 5.74) is 20.8. The van der Waals surface area contributed by atoms with Crippen LogP contribution in [0, 0.1) is 0 Å². The lowest BCUT2D eigenvalue weighted by molar-refractivity contribution is 0.0997. The van der Waals surface area contributed by atoms with Crippen molar-refractivity contribution in [3.8, 4) is 33.9 Å². The number of ether oxygens (including phenoxy) is 2. The highest BCUT2D eigenvalue weighted by Crippen LogP contribution is 2.41. The lowest BCUT2D eigenvalue weighted by atomic mass is 9.99. The van der Waals surface area contributed by atoms with Crippen molar-refractivity contribution in [2.45, 2.75) is 51.7 Å². The molecular formula is C82H66N4O3. The molecule has 2 unspecified atom stereocenters. The molecule has 432 valence electrons. The minimum atomic E-state index is 0.175. The average molecular weight is 1160 g/mol. The van der Waals surface area contributed by atoms with Gasteiger partial charge in [0.1, 0.15) is 11.2 Å². The molecule has 0 radical (unpaired) electrons. The number of hydrogen-bond acceptors (Lipinski definition) is 3. The Kier molecular flexibility index (Phi) is 13.6. The van der Waals surface area contributed by atoms with E-state index in [1.54, 1.807) is 7.11 Å². The Labute approximate surface area is 516 Å². The van der Waals surface area contributed by atoms with E-state index in [1.165, 1.54) is 110 Å². The van der Waals surface area contributed by atoms with Crippen LogP contribution in [0.1, 0.15) is 37.8 Å². The third-order valence-corrected chi connectivity index (χ3v) is 18.6. The fourth-order valence-electron chi connectivity index (χ4n) is 14.3. The van der Waals surface area contributed by atoms with Crippen molar-refractivity contribution in [2.24, 2.45) is 0 Å². The quantitative estimate of drug-likeness (QED) is 0.116. The van der Waals surface area contributed by atoms with Crippen LogP contribution in [0.25, 0.3) is 143 Å². The molecule has 5 aromatic heterocycles. The molecule has 0 N–H and O–H groups in total. The van der Waals surface area contributed by atoms with Gasteiger partial charge in [0.2, 0.25) is 0 Å². The number of methoxy groups -OCH3 is 2. The van der Waals surface area contributed by atoms with Crippen LogP contribution in [0.4, 0.5) is 0 Å². The van der Waals surface area contributed by atoms with E-state index in [2.05, 4.69) is 299 Å². The first-order valence-corrected chi connectivity index (χ1v) is 31.2. The molecule has 0 aliphatic heterocycles. The summed E-state index contributed by atoms with van der Waals surface area (Å²) in [5, 5.41) is 12.3. The molecule has 0 fully saturated rings. The van der Waals surface area contributed by atoms with Gasteiger partial charge in [0.25, 0.3) is 0 Å². The van der Waals surface area contributed by atoms with E-state index in [-0.39, 0.29) is 12.2 Å². The van der Waals surface area contributed by atoms with Gasteiger partial charge in [-0.15, -0.1) is 0 Å². The molecule has 0 spiro atoms. The first-order valence-electron chi connectivity index (χ1n) is 31.2. The van der Waals surface area contributed by atoms with E-state index in [0.29, 0.717) is 0 Å². The predicted molar refractivity (Wildman–Crippen MR) is 373 cm³/mol. The monoisotopic (exact) mass is 1150 g/mol. The van der Waals surface area contributed by atoms with Crippen LogP contribution < -0.4 is 0 Å². The normalized spacial score (nSPS) is 12.7. The second-order valence-electron chi connectivity index (χ2n) is 23.7. The van der Waals surface area contributed by atoms with Crippen LogP contribution in [-0.4, -0.2) is 44.7 Å². The fourth-order valence-corrected chi connectivity index (χ4v) is 14.3. The van der Waals surface area contributed by atoms with Crippen molar-refractivity contribution in [1.29, 1.82) is 0 Å². The highest BCUT2D eigenvalue weighted by molar-refractivity contribution is 6.13. The van der Waals surface area contributed by atoms with Crippen molar-refractivity contribution in [2.75, 3.05) is 14.2 Å². The van der Waals surface area contributed by atoms with Gasteiger partial charge in [-0.1, -0.05) is 172 Å². The maximum absolute atomic E-state index is 6.37. The topological polar surface area (TPSA) is 51.3 Å². The van der Waals surface area contributed by atoms with Crippen LogP contribution in [-0.2, 0) is 22.3 Å². The number of benzene rings is 12. The third kappa shape index (κ3) is 9.19. The Bertz CT molecular complexity index is 5070. The number of para-hydroxylation sites is 8. The van der Waals surface area contributed by atoms with Gasteiger partial charge in [-0.25, -0.2) is 0 Å². The maximum Gasteiger partial charge on any atom is 0.135 e. The number of furan rings is 1. The van der Waals surface area contributed by atoms with Crippen LogP contribution in [0.2, 0.25) is 0 Å². The van der Waals surface area contributed by atoms with Gasteiger partial charge in [0.05, 0.1) is 56.3 Å². The summed E-state index contributed by atoms with van der Waals surface area (Å²) in [6.07, 6.45) is 4.05. The Morgan fingerprint density at radius 2 is 0.573 bits per heavy atom. The average Bonchev–Trinajstić information content (AvgIpc) is 1.69. The van der Waals surface area contributed by atoms with Crippen molar-refractivity contribution < 1.29 is 13.9 Å². The lowest BCUT2D eigenvalue weighted by Crippen LogP contribution is -2.13. The highest BCUT2D eigenvalue weighted by Gasteiger charge is 2.21. The molecule has 0 aliphatic carbocycles. The van der Waals surface area contributed by atoms with Gasteiger partial charge in [0.15, 0.2) is 0 Å². The molecule has 0 saturated heterocycles. The minimum absolute atomic E-state index is 0.175. The minimum Gasteiger partial charge on any atom is -0.456 e. The molecule has 12 aromatic carbocycles. The SMILES string of the molecule is CCC(Cc1cc(-n2c3ccccc3c3ccccc32)cc(-n2c3ccccc3c3ccccc32)c1)OC.CCC(Cc1ccc2oc3ccc(-c4cc(-n5c6ccccc6c6ccccc65)cc(-n5c6ccccc6c6ccccc65)c4)cc3c2c1)OC. The largest absolute Gasteiger partial charge is 0.456 e. The molecule has 0 amide bonds. The third-order valence-electron chi connectivity index (χ3n) is 18.6. The molecule has 17 aromatic rings. The van der Waals surface area contributed by atoms with Gasteiger partial charge in [-0.05, 0) is 157 Å².